The van der Waals surface area contributed by atoms with Gasteiger partial charge in [-0.3, -0.25) is 9.78 Å². The van der Waals surface area contributed by atoms with Crippen molar-refractivity contribution in [2.24, 2.45) is 0 Å². The first-order valence-corrected chi connectivity index (χ1v) is 13.9. The van der Waals surface area contributed by atoms with Crippen LogP contribution in [0.15, 0.2) is 52.3 Å². The van der Waals surface area contributed by atoms with Gasteiger partial charge in [-0.15, -0.1) is 5.10 Å². The van der Waals surface area contributed by atoms with Crippen LogP contribution in [0.2, 0.25) is 0 Å². The van der Waals surface area contributed by atoms with Crippen LogP contribution in [0.1, 0.15) is 49.8 Å². The molecule has 1 aliphatic heterocycles. The number of benzene rings is 1. The fourth-order valence-electron chi connectivity index (χ4n) is 4.83. The molecule has 37 heavy (non-hydrogen) atoms. The normalized spacial score (nSPS) is 16.5. The van der Waals surface area contributed by atoms with Crippen molar-refractivity contribution in [3.63, 3.8) is 0 Å². The molecular formula is C26H30N6O4S. The van der Waals surface area contributed by atoms with Crippen molar-refractivity contribution in [3.05, 3.63) is 70.2 Å². The summed E-state index contributed by atoms with van der Waals surface area (Å²) in [6.07, 6.45) is 3.93. The maximum absolute atomic E-state index is 13.6. The second-order valence-corrected chi connectivity index (χ2v) is 11.1. The molecule has 0 radical (unpaired) electrons. The molecule has 0 saturated carbocycles. The van der Waals surface area contributed by atoms with Crippen molar-refractivity contribution in [1.82, 2.24) is 28.9 Å². The van der Waals surface area contributed by atoms with Gasteiger partial charge in [0.05, 0.1) is 22.8 Å². The Hall–Kier alpha value is -3.57. The summed E-state index contributed by atoms with van der Waals surface area (Å²) in [6.45, 7) is 6.78. The Morgan fingerprint density at radius 1 is 1.19 bits per heavy atom. The first kappa shape index (κ1) is 25.1. The monoisotopic (exact) mass is 522 g/mol. The molecule has 194 valence electrons. The van der Waals surface area contributed by atoms with Gasteiger partial charge in [-0.05, 0) is 57.0 Å². The highest BCUT2D eigenvalue weighted by atomic mass is 32.2. The van der Waals surface area contributed by atoms with Gasteiger partial charge < -0.3 is 9.72 Å². The largest absolute Gasteiger partial charge is 0.493 e. The van der Waals surface area contributed by atoms with Crippen LogP contribution >= 0.6 is 0 Å². The van der Waals surface area contributed by atoms with Crippen molar-refractivity contribution in [3.8, 4) is 17.1 Å². The molecule has 0 bridgehead atoms. The summed E-state index contributed by atoms with van der Waals surface area (Å²) in [5, 5.41) is 4.66. The van der Waals surface area contributed by atoms with E-state index in [1.54, 1.807) is 29.8 Å². The molecule has 1 unspecified atom stereocenters. The van der Waals surface area contributed by atoms with Crippen molar-refractivity contribution in [2.75, 3.05) is 19.7 Å². The van der Waals surface area contributed by atoms with Crippen molar-refractivity contribution in [1.29, 1.82) is 0 Å². The summed E-state index contributed by atoms with van der Waals surface area (Å²) in [6, 6.07) is 10.4. The smallest absolute Gasteiger partial charge is 0.277 e. The van der Waals surface area contributed by atoms with Crippen LogP contribution in [-0.2, 0) is 16.4 Å². The Balaban J connectivity index is 1.56. The predicted molar refractivity (Wildman–Crippen MR) is 139 cm³/mol. The van der Waals surface area contributed by atoms with Crippen LogP contribution < -0.4 is 10.3 Å². The second kappa shape index (κ2) is 10.1. The summed E-state index contributed by atoms with van der Waals surface area (Å²) in [7, 11) is -3.80. The highest BCUT2D eigenvalue weighted by Gasteiger charge is 2.34. The highest BCUT2D eigenvalue weighted by Crippen LogP contribution is 2.34. The summed E-state index contributed by atoms with van der Waals surface area (Å²) < 4.78 is 36.1. The van der Waals surface area contributed by atoms with Gasteiger partial charge in [0.2, 0.25) is 10.0 Å². The lowest BCUT2D eigenvalue weighted by molar-refractivity contribution is 0.341. The molecular weight excluding hydrogens is 492 g/mol. The lowest BCUT2D eigenvalue weighted by Crippen LogP contribution is -2.28. The van der Waals surface area contributed by atoms with Crippen LogP contribution in [0, 0.1) is 6.92 Å². The average molecular weight is 523 g/mol. The van der Waals surface area contributed by atoms with Gasteiger partial charge in [-0.25, -0.2) is 17.9 Å². The van der Waals surface area contributed by atoms with Crippen LogP contribution in [0.5, 0.6) is 5.75 Å². The number of sulfonamides is 1. The predicted octanol–water partition coefficient (Wildman–Crippen LogP) is 3.32. The molecule has 0 aliphatic carbocycles. The van der Waals surface area contributed by atoms with E-state index in [1.165, 1.54) is 10.4 Å². The number of rotatable bonds is 8. The summed E-state index contributed by atoms with van der Waals surface area (Å²) in [5.41, 5.74) is 1.93. The number of H-pyrrole nitrogens is 1. The Morgan fingerprint density at radius 2 is 2.03 bits per heavy atom. The zero-order chi connectivity index (χ0) is 26.2. The molecule has 0 spiro atoms. The molecule has 3 aromatic heterocycles. The molecule has 10 nitrogen and oxygen atoms in total. The third-order valence-corrected chi connectivity index (χ3v) is 8.48. The van der Waals surface area contributed by atoms with Crippen molar-refractivity contribution in [2.45, 2.75) is 50.8 Å². The molecule has 5 rings (SSSR count). The minimum Gasteiger partial charge on any atom is -0.493 e. The van der Waals surface area contributed by atoms with Crippen molar-refractivity contribution >= 4 is 15.5 Å². The zero-order valence-electron chi connectivity index (χ0n) is 21.1. The molecule has 4 heterocycles. The van der Waals surface area contributed by atoms with E-state index >= 15 is 0 Å². The van der Waals surface area contributed by atoms with Gasteiger partial charge in [0, 0.05) is 37.3 Å². The van der Waals surface area contributed by atoms with Gasteiger partial charge in [0.15, 0.2) is 11.3 Å². The molecule has 1 aliphatic rings. The summed E-state index contributed by atoms with van der Waals surface area (Å²) >= 11 is 0. The minimum atomic E-state index is -3.80. The van der Waals surface area contributed by atoms with Gasteiger partial charge >= 0.3 is 0 Å². The van der Waals surface area contributed by atoms with Crippen LogP contribution in [0.4, 0.5) is 0 Å². The Labute approximate surface area is 215 Å². The first-order valence-electron chi connectivity index (χ1n) is 12.5. The standard InChI is InChI=1S/C26H30N6O4S/c1-4-8-23-28-17(3)24-26(33)29-25(30-32(23)24)20-15-19(10-11-22(20)36-5-2)37(34,35)31-14-12-18(16-31)21-9-6-7-13-27-21/h6-7,9-11,13,15,18H,4-5,8,12,14,16H2,1-3H3,(H,29,30,33). The number of fused-ring (bicyclic) bond motifs is 1. The van der Waals surface area contributed by atoms with Gasteiger partial charge in [0.1, 0.15) is 11.6 Å². The summed E-state index contributed by atoms with van der Waals surface area (Å²) in [5.74, 6) is 1.38. The van der Waals surface area contributed by atoms with E-state index in [1.807, 2.05) is 32.0 Å². The SMILES string of the molecule is CCCc1nc(C)c2c(=O)[nH]c(-c3cc(S(=O)(=O)N4CCC(c5ccccn5)C4)ccc3OCC)nn12. The van der Waals surface area contributed by atoms with Crippen LogP contribution in [0.3, 0.4) is 0 Å². The zero-order valence-corrected chi connectivity index (χ0v) is 22.0. The fourth-order valence-corrected chi connectivity index (χ4v) is 6.36. The average Bonchev–Trinajstić information content (AvgIpc) is 3.51. The number of hydrogen-bond acceptors (Lipinski definition) is 7. The highest BCUT2D eigenvalue weighted by molar-refractivity contribution is 7.89. The number of aromatic nitrogens is 5. The van der Waals surface area contributed by atoms with E-state index in [0.29, 0.717) is 60.9 Å². The number of hydrogen-bond donors (Lipinski definition) is 1. The number of aromatic amines is 1. The minimum absolute atomic E-state index is 0.0417. The van der Waals surface area contributed by atoms with Crippen molar-refractivity contribution < 1.29 is 13.2 Å². The Bertz CT molecular complexity index is 1600. The lowest BCUT2D eigenvalue weighted by atomic mass is 10.0. The Morgan fingerprint density at radius 3 is 2.76 bits per heavy atom. The topological polar surface area (TPSA) is 123 Å². The van der Waals surface area contributed by atoms with Crippen LogP contribution in [-0.4, -0.2) is 57.0 Å². The lowest BCUT2D eigenvalue weighted by Gasteiger charge is -2.18. The molecule has 0 amide bonds. The molecule has 1 atom stereocenters. The van der Waals surface area contributed by atoms with Gasteiger partial charge in [-0.1, -0.05) is 13.0 Å². The van der Waals surface area contributed by atoms with E-state index < -0.39 is 10.0 Å². The molecule has 1 N–H and O–H groups in total. The molecule has 1 aromatic carbocycles. The molecule has 1 fully saturated rings. The first-order chi connectivity index (χ1) is 17.8. The van der Waals surface area contributed by atoms with E-state index in [0.717, 1.165) is 12.1 Å². The maximum Gasteiger partial charge on any atom is 0.277 e. The number of ether oxygens (including phenoxy) is 1. The molecule has 4 aromatic rings. The van der Waals surface area contributed by atoms with Gasteiger partial charge in [0.25, 0.3) is 5.56 Å². The third-order valence-electron chi connectivity index (χ3n) is 6.62. The summed E-state index contributed by atoms with van der Waals surface area (Å²) in [4.78, 5) is 24.9. The fraction of sp³-hybridized carbons (Fsp3) is 0.385. The van der Waals surface area contributed by atoms with E-state index in [9.17, 15) is 13.2 Å². The number of imidazole rings is 1. The second-order valence-electron chi connectivity index (χ2n) is 9.12. The van der Waals surface area contributed by atoms with Crippen LogP contribution in [0.25, 0.3) is 16.9 Å². The number of aryl methyl sites for hydroxylation is 2. The molecule has 1 saturated heterocycles. The van der Waals surface area contributed by atoms with E-state index in [-0.39, 0.29) is 22.2 Å². The Kier molecular flexibility index (Phi) is 6.82. The quantitative estimate of drug-likeness (QED) is 0.377. The molecule has 11 heteroatoms. The third kappa shape index (κ3) is 4.64. The number of nitrogens with zero attached hydrogens (tertiary/aromatic N) is 5. The maximum atomic E-state index is 13.6. The number of pyridine rings is 1. The van der Waals surface area contributed by atoms with E-state index in [2.05, 4.69) is 20.1 Å². The van der Waals surface area contributed by atoms with E-state index in [4.69, 9.17) is 4.74 Å². The number of nitrogens with one attached hydrogen (secondary N) is 1. The van der Waals surface area contributed by atoms with Gasteiger partial charge in [-0.2, -0.15) is 4.31 Å².